The normalized spacial score (nSPS) is 12.1. The number of nitrogens with one attached hydrogen (secondary N) is 1. The molecular weight excluding hydrogens is 350 g/mol. The highest BCUT2D eigenvalue weighted by Gasteiger charge is 2.13. The van der Waals surface area contributed by atoms with E-state index in [9.17, 15) is 9.59 Å². The molecule has 1 N–H and O–H groups in total. The Bertz CT molecular complexity index is 974. The molecule has 26 heavy (non-hydrogen) atoms. The molecule has 3 rings (SSSR count). The zero-order valence-corrected chi connectivity index (χ0v) is 15.4. The highest BCUT2D eigenvalue weighted by molar-refractivity contribution is 7.99. The Morgan fingerprint density at radius 1 is 1.27 bits per heavy atom. The molecule has 0 aliphatic rings. The Balaban J connectivity index is 1.76. The van der Waals surface area contributed by atoms with E-state index in [0.29, 0.717) is 16.2 Å². The van der Waals surface area contributed by atoms with Crippen LogP contribution in [0.5, 0.6) is 0 Å². The first kappa shape index (κ1) is 18.1. The van der Waals surface area contributed by atoms with Crippen molar-refractivity contribution in [2.75, 3.05) is 5.75 Å². The van der Waals surface area contributed by atoms with Gasteiger partial charge < -0.3 is 5.32 Å². The van der Waals surface area contributed by atoms with E-state index >= 15 is 0 Å². The van der Waals surface area contributed by atoms with Gasteiger partial charge in [0.2, 0.25) is 5.91 Å². The third kappa shape index (κ3) is 4.08. The van der Waals surface area contributed by atoms with E-state index in [-0.39, 0.29) is 24.1 Å². The molecule has 1 atom stereocenters. The van der Waals surface area contributed by atoms with Crippen molar-refractivity contribution in [2.24, 2.45) is 0 Å². The Kier molecular flexibility index (Phi) is 5.62. The average Bonchev–Trinajstić information content (AvgIpc) is 2.65. The molecule has 0 radical (unpaired) electrons. The lowest BCUT2D eigenvalue weighted by molar-refractivity contribution is -0.122. The van der Waals surface area contributed by atoms with Crippen LogP contribution in [0.4, 0.5) is 0 Å². The van der Waals surface area contributed by atoms with Crippen molar-refractivity contribution >= 4 is 28.7 Å². The molecule has 1 amide bonds. The van der Waals surface area contributed by atoms with Crippen LogP contribution in [-0.2, 0) is 11.3 Å². The van der Waals surface area contributed by atoms with Gasteiger partial charge in [-0.05, 0) is 18.2 Å². The molecule has 7 nitrogen and oxygen atoms in total. The summed E-state index contributed by atoms with van der Waals surface area (Å²) in [6, 6.07) is 9.49. The molecule has 0 spiro atoms. The molecule has 0 saturated carbocycles. The maximum absolute atomic E-state index is 12.5. The van der Waals surface area contributed by atoms with E-state index < -0.39 is 0 Å². The summed E-state index contributed by atoms with van der Waals surface area (Å²) in [6.45, 7) is 3.79. The lowest BCUT2D eigenvalue weighted by atomic mass is 10.1. The van der Waals surface area contributed by atoms with Gasteiger partial charge in [-0.1, -0.05) is 49.0 Å². The van der Waals surface area contributed by atoms with Gasteiger partial charge in [-0.15, -0.1) is 0 Å². The number of amides is 1. The fourth-order valence-corrected chi connectivity index (χ4v) is 3.05. The third-order valence-corrected chi connectivity index (χ3v) is 4.57. The zero-order chi connectivity index (χ0) is 18.5. The number of hydrogen-bond acceptors (Lipinski definition) is 6. The van der Waals surface area contributed by atoms with E-state index in [4.69, 9.17) is 0 Å². The zero-order valence-electron chi connectivity index (χ0n) is 14.5. The maximum Gasteiger partial charge on any atom is 0.264 e. The fraction of sp³-hybridized carbons (Fsp3) is 0.278. The van der Waals surface area contributed by atoms with Crippen LogP contribution < -0.4 is 10.9 Å². The third-order valence-electron chi connectivity index (χ3n) is 3.82. The lowest BCUT2D eigenvalue weighted by Crippen LogP contribution is -2.34. The number of carbonyl (C=O) groups is 1. The monoisotopic (exact) mass is 369 g/mol. The molecule has 2 aromatic heterocycles. The molecule has 1 aromatic carbocycles. The maximum atomic E-state index is 12.5. The number of thioether (sulfide) groups is 1. The van der Waals surface area contributed by atoms with E-state index in [2.05, 4.69) is 20.3 Å². The van der Waals surface area contributed by atoms with Crippen molar-refractivity contribution in [1.82, 2.24) is 24.8 Å². The van der Waals surface area contributed by atoms with Crippen LogP contribution in [0.25, 0.3) is 11.0 Å². The van der Waals surface area contributed by atoms with Crippen LogP contribution in [-0.4, -0.2) is 31.2 Å². The van der Waals surface area contributed by atoms with Crippen molar-refractivity contribution in [2.45, 2.75) is 31.6 Å². The van der Waals surface area contributed by atoms with Gasteiger partial charge in [-0.2, -0.15) is 0 Å². The molecule has 8 heteroatoms. The smallest absolute Gasteiger partial charge is 0.264 e. The van der Waals surface area contributed by atoms with Gasteiger partial charge in [0.05, 0.1) is 6.04 Å². The topological polar surface area (TPSA) is 89.8 Å². The Morgan fingerprint density at radius 3 is 2.77 bits per heavy atom. The van der Waals surface area contributed by atoms with Crippen molar-refractivity contribution in [3.05, 3.63) is 58.8 Å². The van der Waals surface area contributed by atoms with Crippen LogP contribution in [0, 0.1) is 0 Å². The van der Waals surface area contributed by atoms with Gasteiger partial charge >= 0.3 is 0 Å². The predicted octanol–water partition coefficient (Wildman–Crippen LogP) is 2.18. The van der Waals surface area contributed by atoms with E-state index in [1.807, 2.05) is 44.2 Å². The van der Waals surface area contributed by atoms with Crippen LogP contribution in [0.15, 0.2) is 52.8 Å². The fourth-order valence-electron chi connectivity index (χ4n) is 2.52. The van der Waals surface area contributed by atoms with E-state index in [0.717, 1.165) is 11.3 Å². The molecule has 0 saturated heterocycles. The number of carbonyl (C=O) groups excluding carboxylic acids is 1. The van der Waals surface area contributed by atoms with E-state index in [1.54, 1.807) is 0 Å². The number of nitrogens with zero attached hydrogens (tertiary/aromatic N) is 4. The first-order valence-electron chi connectivity index (χ1n) is 8.27. The minimum atomic E-state index is -0.328. The van der Waals surface area contributed by atoms with Gasteiger partial charge in [0.25, 0.3) is 5.56 Å². The highest BCUT2D eigenvalue weighted by Crippen LogP contribution is 2.13. The minimum absolute atomic E-state index is 0.107. The largest absolute Gasteiger partial charge is 0.348 e. The Hall–Kier alpha value is -2.74. The first-order chi connectivity index (χ1) is 12.6. The molecule has 134 valence electrons. The summed E-state index contributed by atoms with van der Waals surface area (Å²) >= 11 is 1.48. The summed E-state index contributed by atoms with van der Waals surface area (Å²) in [7, 11) is 0. The highest BCUT2D eigenvalue weighted by atomic mass is 32.2. The van der Waals surface area contributed by atoms with Gasteiger partial charge in [-0.3, -0.25) is 14.2 Å². The average molecular weight is 369 g/mol. The summed E-state index contributed by atoms with van der Waals surface area (Å²) in [5.41, 5.74) is 1.01. The summed E-state index contributed by atoms with van der Waals surface area (Å²) in [6.07, 6.45) is 2.82. The molecule has 0 unspecified atom stereocenters. The number of hydrogen-bond donors (Lipinski definition) is 1. The van der Waals surface area contributed by atoms with Crippen molar-refractivity contribution in [1.29, 1.82) is 0 Å². The second-order valence-corrected chi connectivity index (χ2v) is 6.93. The molecule has 0 fully saturated rings. The second-order valence-electron chi connectivity index (χ2n) is 5.70. The number of fused-ring (bicyclic) bond motifs is 1. The van der Waals surface area contributed by atoms with Crippen molar-refractivity contribution < 1.29 is 4.79 Å². The minimum Gasteiger partial charge on any atom is -0.348 e. The van der Waals surface area contributed by atoms with Crippen molar-refractivity contribution in [3.63, 3.8) is 0 Å². The van der Waals surface area contributed by atoms with Crippen LogP contribution in [0.1, 0.15) is 25.5 Å². The van der Waals surface area contributed by atoms with Gasteiger partial charge in [0.1, 0.15) is 18.3 Å². The number of aromatic nitrogens is 4. The SMILES string of the molecule is CCSc1ncc2c(=O)n(CC(=O)N[C@@H](C)c3ccccc3)cnc2n1. The van der Waals surface area contributed by atoms with Crippen molar-refractivity contribution in [3.8, 4) is 0 Å². The molecule has 2 heterocycles. The molecule has 0 bridgehead atoms. The molecular formula is C18H19N5O2S. The standard InChI is InChI=1S/C18H19N5O2S/c1-3-26-18-19-9-14-16(22-18)20-11-23(17(14)25)10-15(24)21-12(2)13-7-5-4-6-8-13/h4-9,11-12H,3,10H2,1-2H3,(H,21,24)/t12-/m0/s1. The Labute approximate surface area is 154 Å². The van der Waals surface area contributed by atoms with Crippen LogP contribution in [0.3, 0.4) is 0 Å². The number of benzene rings is 1. The van der Waals surface area contributed by atoms with Crippen LogP contribution in [0.2, 0.25) is 0 Å². The van der Waals surface area contributed by atoms with Gasteiger partial charge in [0, 0.05) is 6.20 Å². The summed E-state index contributed by atoms with van der Waals surface area (Å²) in [5, 5.41) is 3.77. The quantitative estimate of drug-likeness (QED) is 0.529. The summed E-state index contributed by atoms with van der Waals surface area (Å²) < 4.78 is 1.27. The second kappa shape index (κ2) is 8.09. The number of rotatable bonds is 6. The molecule has 0 aliphatic heterocycles. The molecule has 0 aliphatic carbocycles. The molecule has 3 aromatic rings. The van der Waals surface area contributed by atoms with Crippen LogP contribution >= 0.6 is 11.8 Å². The van der Waals surface area contributed by atoms with Gasteiger partial charge in [-0.25, -0.2) is 15.0 Å². The summed E-state index contributed by atoms with van der Waals surface area (Å²) in [5.74, 6) is 0.575. The Morgan fingerprint density at radius 2 is 2.04 bits per heavy atom. The summed E-state index contributed by atoms with van der Waals surface area (Å²) in [4.78, 5) is 37.5. The lowest BCUT2D eigenvalue weighted by Gasteiger charge is -2.14. The van der Waals surface area contributed by atoms with E-state index in [1.165, 1.54) is 28.9 Å². The van der Waals surface area contributed by atoms with Gasteiger partial charge in [0.15, 0.2) is 10.8 Å². The first-order valence-corrected chi connectivity index (χ1v) is 9.26. The predicted molar refractivity (Wildman–Crippen MR) is 101 cm³/mol.